The number of halogens is 1. The largest absolute Gasteiger partial charge is 0.372 e. The van der Waals surface area contributed by atoms with Crippen molar-refractivity contribution in [2.75, 3.05) is 26.3 Å². The van der Waals surface area contributed by atoms with Gasteiger partial charge in [-0.05, 0) is 37.1 Å². The van der Waals surface area contributed by atoms with Crippen LogP contribution in [0.15, 0.2) is 36.9 Å². The van der Waals surface area contributed by atoms with E-state index < -0.39 is 0 Å². The SMILES string of the molecule is C=CCOC1COC2(CCCN(Cc3ccc(F)cc3)C2)C1. The van der Waals surface area contributed by atoms with E-state index in [4.69, 9.17) is 9.47 Å². The first-order valence-corrected chi connectivity index (χ1v) is 8.02. The predicted molar refractivity (Wildman–Crippen MR) is 84.1 cm³/mol. The van der Waals surface area contributed by atoms with Crippen LogP contribution in [0.4, 0.5) is 4.39 Å². The lowest BCUT2D eigenvalue weighted by molar-refractivity contribution is -0.0544. The summed E-state index contributed by atoms with van der Waals surface area (Å²) in [6.45, 7) is 7.81. The molecule has 0 aromatic heterocycles. The van der Waals surface area contributed by atoms with Crippen molar-refractivity contribution in [1.29, 1.82) is 0 Å². The molecule has 2 unspecified atom stereocenters. The fourth-order valence-electron chi connectivity index (χ4n) is 3.57. The summed E-state index contributed by atoms with van der Waals surface area (Å²) >= 11 is 0. The molecule has 1 aromatic rings. The van der Waals surface area contributed by atoms with Crippen molar-refractivity contribution in [1.82, 2.24) is 4.90 Å². The van der Waals surface area contributed by atoms with Crippen molar-refractivity contribution in [3.05, 3.63) is 48.3 Å². The lowest BCUT2D eigenvalue weighted by atomic mass is 9.89. The van der Waals surface area contributed by atoms with Gasteiger partial charge in [-0.2, -0.15) is 0 Å². The van der Waals surface area contributed by atoms with Gasteiger partial charge < -0.3 is 9.47 Å². The van der Waals surface area contributed by atoms with Crippen LogP contribution >= 0.6 is 0 Å². The molecule has 2 atom stereocenters. The Hall–Kier alpha value is -1.23. The van der Waals surface area contributed by atoms with E-state index in [1.54, 1.807) is 6.08 Å². The molecular formula is C18H24FNO2. The Balaban J connectivity index is 1.57. The Morgan fingerprint density at radius 1 is 1.41 bits per heavy atom. The van der Waals surface area contributed by atoms with Crippen molar-refractivity contribution in [2.45, 2.75) is 37.5 Å². The van der Waals surface area contributed by atoms with E-state index in [0.29, 0.717) is 13.2 Å². The van der Waals surface area contributed by atoms with Gasteiger partial charge in [-0.15, -0.1) is 6.58 Å². The zero-order valence-corrected chi connectivity index (χ0v) is 13.0. The van der Waals surface area contributed by atoms with Gasteiger partial charge in [0.15, 0.2) is 0 Å². The number of rotatable bonds is 5. The number of benzene rings is 1. The first-order valence-electron chi connectivity index (χ1n) is 8.02. The second-order valence-corrected chi connectivity index (χ2v) is 6.38. The van der Waals surface area contributed by atoms with E-state index in [9.17, 15) is 4.39 Å². The first kappa shape index (κ1) is 15.7. The molecule has 0 amide bonds. The molecule has 0 radical (unpaired) electrons. The maximum absolute atomic E-state index is 13.0. The van der Waals surface area contributed by atoms with Crippen LogP contribution in [-0.4, -0.2) is 42.9 Å². The fourth-order valence-corrected chi connectivity index (χ4v) is 3.57. The van der Waals surface area contributed by atoms with Crippen molar-refractivity contribution < 1.29 is 13.9 Å². The molecule has 2 saturated heterocycles. The minimum absolute atomic E-state index is 0.0654. The topological polar surface area (TPSA) is 21.7 Å². The number of piperidine rings is 1. The summed E-state index contributed by atoms with van der Waals surface area (Å²) in [5.41, 5.74) is 1.08. The molecule has 2 aliphatic rings. The van der Waals surface area contributed by atoms with E-state index >= 15 is 0 Å². The zero-order valence-electron chi connectivity index (χ0n) is 13.0. The summed E-state index contributed by atoms with van der Waals surface area (Å²) in [4.78, 5) is 2.41. The van der Waals surface area contributed by atoms with Gasteiger partial charge in [0.2, 0.25) is 0 Å². The Morgan fingerprint density at radius 3 is 3.00 bits per heavy atom. The second kappa shape index (κ2) is 6.90. The van der Waals surface area contributed by atoms with E-state index in [2.05, 4.69) is 11.5 Å². The highest BCUT2D eigenvalue weighted by molar-refractivity contribution is 5.16. The van der Waals surface area contributed by atoms with Crippen LogP contribution < -0.4 is 0 Å². The number of likely N-dealkylation sites (tertiary alicyclic amines) is 1. The minimum atomic E-state index is -0.180. The number of nitrogens with zero attached hydrogens (tertiary/aromatic N) is 1. The van der Waals surface area contributed by atoms with Gasteiger partial charge in [0.25, 0.3) is 0 Å². The molecule has 0 saturated carbocycles. The molecule has 2 heterocycles. The van der Waals surface area contributed by atoms with E-state index in [-0.39, 0.29) is 17.5 Å². The molecule has 3 rings (SSSR count). The van der Waals surface area contributed by atoms with Crippen LogP contribution in [0.3, 0.4) is 0 Å². The van der Waals surface area contributed by atoms with Crippen LogP contribution in [0.25, 0.3) is 0 Å². The number of hydrogen-bond acceptors (Lipinski definition) is 3. The van der Waals surface area contributed by atoms with E-state index in [0.717, 1.165) is 44.5 Å². The highest BCUT2D eigenvalue weighted by Crippen LogP contribution is 2.36. The third-order valence-corrected chi connectivity index (χ3v) is 4.56. The van der Waals surface area contributed by atoms with Gasteiger partial charge in [-0.3, -0.25) is 4.90 Å². The summed E-state index contributed by atoms with van der Waals surface area (Å²) in [5.74, 6) is -0.180. The van der Waals surface area contributed by atoms with Gasteiger partial charge in [0.1, 0.15) is 5.82 Å². The molecule has 0 N–H and O–H groups in total. The van der Waals surface area contributed by atoms with Crippen LogP contribution in [-0.2, 0) is 16.0 Å². The van der Waals surface area contributed by atoms with Crippen LogP contribution in [0, 0.1) is 5.82 Å². The molecule has 4 heteroatoms. The van der Waals surface area contributed by atoms with Gasteiger partial charge in [-0.1, -0.05) is 18.2 Å². The summed E-state index contributed by atoms with van der Waals surface area (Å²) in [6, 6.07) is 6.78. The second-order valence-electron chi connectivity index (χ2n) is 6.38. The van der Waals surface area contributed by atoms with Gasteiger partial charge >= 0.3 is 0 Å². The van der Waals surface area contributed by atoms with Crippen molar-refractivity contribution in [2.24, 2.45) is 0 Å². The molecule has 22 heavy (non-hydrogen) atoms. The lowest BCUT2D eigenvalue weighted by Crippen LogP contribution is -2.47. The van der Waals surface area contributed by atoms with E-state index in [1.165, 1.54) is 12.1 Å². The molecular weight excluding hydrogens is 281 g/mol. The Bertz CT molecular complexity index is 504. The third kappa shape index (κ3) is 3.75. The van der Waals surface area contributed by atoms with Crippen LogP contribution in [0.5, 0.6) is 0 Å². The quantitative estimate of drug-likeness (QED) is 0.780. The van der Waals surface area contributed by atoms with Crippen molar-refractivity contribution >= 4 is 0 Å². The highest BCUT2D eigenvalue weighted by Gasteiger charge is 2.43. The Labute approximate surface area is 131 Å². The van der Waals surface area contributed by atoms with Crippen LogP contribution in [0.2, 0.25) is 0 Å². The Kier molecular flexibility index (Phi) is 4.91. The van der Waals surface area contributed by atoms with Crippen molar-refractivity contribution in [3.8, 4) is 0 Å². The molecule has 2 aliphatic heterocycles. The summed E-state index contributed by atoms with van der Waals surface area (Å²) < 4.78 is 24.9. The minimum Gasteiger partial charge on any atom is -0.372 e. The number of ether oxygens (including phenoxy) is 2. The molecule has 0 aliphatic carbocycles. The monoisotopic (exact) mass is 305 g/mol. The maximum Gasteiger partial charge on any atom is 0.123 e. The van der Waals surface area contributed by atoms with Gasteiger partial charge in [-0.25, -0.2) is 4.39 Å². The smallest absolute Gasteiger partial charge is 0.123 e. The van der Waals surface area contributed by atoms with Crippen LogP contribution in [0.1, 0.15) is 24.8 Å². The summed E-state index contributed by atoms with van der Waals surface area (Å²) in [5, 5.41) is 0. The normalized spacial score (nSPS) is 29.0. The van der Waals surface area contributed by atoms with Gasteiger partial charge in [0, 0.05) is 19.5 Å². The molecule has 2 fully saturated rings. The average Bonchev–Trinajstić information content (AvgIpc) is 2.90. The molecule has 1 spiro atoms. The number of hydrogen-bond donors (Lipinski definition) is 0. The van der Waals surface area contributed by atoms with Crippen molar-refractivity contribution in [3.63, 3.8) is 0 Å². The molecule has 1 aromatic carbocycles. The molecule has 3 nitrogen and oxygen atoms in total. The summed E-state index contributed by atoms with van der Waals surface area (Å²) in [6.07, 6.45) is 5.16. The Morgan fingerprint density at radius 2 is 2.23 bits per heavy atom. The molecule has 120 valence electrons. The molecule has 0 bridgehead atoms. The van der Waals surface area contributed by atoms with Gasteiger partial charge in [0.05, 0.1) is 24.9 Å². The fraction of sp³-hybridized carbons (Fsp3) is 0.556. The average molecular weight is 305 g/mol. The summed E-state index contributed by atoms with van der Waals surface area (Å²) in [7, 11) is 0. The highest BCUT2D eigenvalue weighted by atomic mass is 19.1. The zero-order chi connectivity index (χ0) is 15.4. The third-order valence-electron chi connectivity index (χ3n) is 4.56. The standard InChI is InChI=1S/C18H24FNO2/c1-2-10-21-17-11-18(22-13-17)8-3-9-20(14-18)12-15-4-6-16(19)7-5-15/h2,4-7,17H,1,3,8-14H2. The predicted octanol–water partition coefficient (Wildman–Crippen LogP) is 3.15. The first-order chi connectivity index (χ1) is 10.7. The lowest BCUT2D eigenvalue weighted by Gasteiger charge is -2.39. The van der Waals surface area contributed by atoms with E-state index in [1.807, 2.05) is 12.1 Å². The maximum atomic E-state index is 13.0.